The highest BCUT2D eigenvalue weighted by Crippen LogP contribution is 2.18. The Kier molecular flexibility index (Phi) is 11.9. The van der Waals surface area contributed by atoms with E-state index in [0.717, 1.165) is 27.6 Å². The zero-order valence-corrected chi connectivity index (χ0v) is 24.7. The predicted octanol–water partition coefficient (Wildman–Crippen LogP) is 2.12. The van der Waals surface area contributed by atoms with Gasteiger partial charge in [-0.05, 0) is 47.4 Å². The summed E-state index contributed by atoms with van der Waals surface area (Å²) in [6.45, 7) is 1.60. The maximum Gasteiger partial charge on any atom is 0.238 e. The lowest BCUT2D eigenvalue weighted by Crippen LogP contribution is -2.51. The van der Waals surface area contributed by atoms with E-state index in [2.05, 4.69) is 10.3 Å². The molecule has 2 amide bonds. The molecule has 3 aromatic carbocycles. The first-order chi connectivity index (χ1) is 21.4. The van der Waals surface area contributed by atoms with Gasteiger partial charge in [-0.15, -0.1) is 0 Å². The standard InChI is InChI=1S/C34H40N6O4/c35-14-16-40(17-15-36)33(42)21-29(37)34(43)39-31(32(41)20-26-18-27-8-4-5-9-30(27)38-22-26)19-24-10-12-28(13-11-24)44-23-25-6-2-1-3-7-25/h1-13,18,22,29,31H,14-17,19-21,23,35-37H2,(H,39,43)/t29-,31-/m0/s1. The second kappa shape index (κ2) is 16.3. The minimum absolute atomic E-state index is 0.0655. The van der Waals surface area contributed by atoms with Gasteiger partial charge in [-0.1, -0.05) is 60.7 Å². The van der Waals surface area contributed by atoms with Gasteiger partial charge in [-0.25, -0.2) is 0 Å². The number of benzene rings is 3. The number of para-hydroxylation sites is 1. The predicted molar refractivity (Wildman–Crippen MR) is 171 cm³/mol. The van der Waals surface area contributed by atoms with Crippen LogP contribution in [0.5, 0.6) is 5.75 Å². The van der Waals surface area contributed by atoms with Crippen LogP contribution in [-0.2, 0) is 33.8 Å². The van der Waals surface area contributed by atoms with Crippen molar-refractivity contribution < 1.29 is 19.1 Å². The highest BCUT2D eigenvalue weighted by molar-refractivity contribution is 5.94. The molecule has 0 aliphatic heterocycles. The first-order valence-electron chi connectivity index (χ1n) is 14.7. The van der Waals surface area contributed by atoms with Crippen molar-refractivity contribution in [3.05, 3.63) is 108 Å². The van der Waals surface area contributed by atoms with Gasteiger partial charge >= 0.3 is 0 Å². The summed E-state index contributed by atoms with van der Waals surface area (Å²) in [4.78, 5) is 45.5. The van der Waals surface area contributed by atoms with Crippen molar-refractivity contribution in [2.24, 2.45) is 17.2 Å². The quantitative estimate of drug-likeness (QED) is 0.153. The van der Waals surface area contributed by atoms with Gasteiger partial charge in [-0.3, -0.25) is 19.4 Å². The maximum atomic E-state index is 13.6. The molecule has 1 heterocycles. The first kappa shape index (κ1) is 32.3. The van der Waals surface area contributed by atoms with Crippen LogP contribution in [-0.4, -0.2) is 65.7 Å². The number of hydrogen-bond acceptors (Lipinski definition) is 8. The summed E-state index contributed by atoms with van der Waals surface area (Å²) >= 11 is 0. The van der Waals surface area contributed by atoms with Gasteiger partial charge < -0.3 is 32.2 Å². The molecule has 0 bridgehead atoms. The van der Waals surface area contributed by atoms with Crippen molar-refractivity contribution in [3.63, 3.8) is 0 Å². The Bertz CT molecular complexity index is 1520. The maximum absolute atomic E-state index is 13.6. The molecule has 2 atom stereocenters. The van der Waals surface area contributed by atoms with E-state index in [1.54, 1.807) is 6.20 Å². The average molecular weight is 597 g/mol. The smallest absolute Gasteiger partial charge is 0.238 e. The lowest BCUT2D eigenvalue weighted by molar-refractivity contribution is -0.134. The second-order valence-electron chi connectivity index (χ2n) is 10.6. The van der Waals surface area contributed by atoms with Crippen molar-refractivity contribution in [2.45, 2.75) is 38.0 Å². The summed E-state index contributed by atoms with van der Waals surface area (Å²) < 4.78 is 5.89. The molecule has 230 valence electrons. The van der Waals surface area contributed by atoms with E-state index in [1.807, 2.05) is 84.9 Å². The van der Waals surface area contributed by atoms with Crippen LogP contribution in [0, 0.1) is 0 Å². The molecule has 7 N–H and O–H groups in total. The lowest BCUT2D eigenvalue weighted by atomic mass is 9.97. The fourth-order valence-electron chi connectivity index (χ4n) is 4.84. The van der Waals surface area contributed by atoms with Gasteiger partial charge in [0, 0.05) is 44.2 Å². The number of rotatable bonds is 16. The van der Waals surface area contributed by atoms with Crippen LogP contribution in [0.1, 0.15) is 23.1 Å². The molecule has 0 aliphatic rings. The zero-order chi connectivity index (χ0) is 31.3. The molecule has 0 saturated heterocycles. The van der Waals surface area contributed by atoms with Crippen molar-refractivity contribution in [3.8, 4) is 5.75 Å². The molecule has 4 aromatic rings. The second-order valence-corrected chi connectivity index (χ2v) is 10.6. The Balaban J connectivity index is 1.46. The first-order valence-corrected chi connectivity index (χ1v) is 14.7. The van der Waals surface area contributed by atoms with Gasteiger partial charge in [0.2, 0.25) is 11.8 Å². The van der Waals surface area contributed by atoms with Gasteiger partial charge in [-0.2, -0.15) is 0 Å². The largest absolute Gasteiger partial charge is 0.489 e. The summed E-state index contributed by atoms with van der Waals surface area (Å²) in [5, 5.41) is 3.73. The molecule has 10 heteroatoms. The average Bonchev–Trinajstić information content (AvgIpc) is 3.04. The molecular formula is C34H40N6O4. The van der Waals surface area contributed by atoms with E-state index >= 15 is 0 Å². The normalized spacial score (nSPS) is 12.3. The van der Waals surface area contributed by atoms with E-state index in [-0.39, 0.29) is 44.0 Å². The molecule has 44 heavy (non-hydrogen) atoms. The fourth-order valence-corrected chi connectivity index (χ4v) is 4.84. The van der Waals surface area contributed by atoms with Crippen LogP contribution in [0.15, 0.2) is 91.1 Å². The summed E-state index contributed by atoms with van der Waals surface area (Å²) in [6, 6.07) is 24.8. The van der Waals surface area contributed by atoms with Gasteiger partial charge in [0.1, 0.15) is 12.4 Å². The summed E-state index contributed by atoms with van der Waals surface area (Å²) in [5.41, 5.74) is 20.8. The lowest BCUT2D eigenvalue weighted by Gasteiger charge is -2.24. The molecule has 1 aromatic heterocycles. The minimum Gasteiger partial charge on any atom is -0.489 e. The van der Waals surface area contributed by atoms with Gasteiger partial charge in [0.15, 0.2) is 5.78 Å². The van der Waals surface area contributed by atoms with Gasteiger partial charge in [0.05, 0.1) is 24.0 Å². The molecule has 0 radical (unpaired) electrons. The third-order valence-corrected chi connectivity index (χ3v) is 7.22. The zero-order valence-electron chi connectivity index (χ0n) is 24.7. The van der Waals surface area contributed by atoms with Gasteiger partial charge in [0.25, 0.3) is 0 Å². The third kappa shape index (κ3) is 9.43. The highest BCUT2D eigenvalue weighted by Gasteiger charge is 2.27. The van der Waals surface area contributed by atoms with Crippen molar-refractivity contribution in [1.82, 2.24) is 15.2 Å². The number of aromatic nitrogens is 1. The van der Waals surface area contributed by atoms with Crippen molar-refractivity contribution >= 4 is 28.5 Å². The van der Waals surface area contributed by atoms with E-state index in [0.29, 0.717) is 25.4 Å². The number of carbonyl (C=O) groups is 3. The van der Waals surface area contributed by atoms with Crippen LogP contribution < -0.4 is 27.3 Å². The molecule has 0 fully saturated rings. The molecule has 0 unspecified atom stereocenters. The van der Waals surface area contributed by atoms with E-state index in [1.165, 1.54) is 4.90 Å². The van der Waals surface area contributed by atoms with Crippen LogP contribution in [0.2, 0.25) is 0 Å². The molecule has 0 saturated carbocycles. The van der Waals surface area contributed by atoms with Crippen molar-refractivity contribution in [2.75, 3.05) is 26.2 Å². The monoisotopic (exact) mass is 596 g/mol. The Hall–Kier alpha value is -4.64. The highest BCUT2D eigenvalue weighted by atomic mass is 16.5. The number of nitrogens with zero attached hydrogens (tertiary/aromatic N) is 2. The van der Waals surface area contributed by atoms with Crippen LogP contribution in [0.3, 0.4) is 0 Å². The number of amides is 2. The minimum atomic E-state index is -1.15. The summed E-state index contributed by atoms with van der Waals surface area (Å²) in [5.74, 6) is -0.422. The number of pyridine rings is 1. The van der Waals surface area contributed by atoms with E-state index in [9.17, 15) is 14.4 Å². The molecule has 0 spiro atoms. The van der Waals surface area contributed by atoms with Crippen LogP contribution in [0.4, 0.5) is 0 Å². The Morgan fingerprint density at radius 2 is 1.52 bits per heavy atom. The van der Waals surface area contributed by atoms with Crippen molar-refractivity contribution in [1.29, 1.82) is 0 Å². The molecule has 4 rings (SSSR count). The summed E-state index contributed by atoms with van der Waals surface area (Å²) in [7, 11) is 0. The number of hydrogen-bond donors (Lipinski definition) is 4. The van der Waals surface area contributed by atoms with Crippen LogP contribution in [0.25, 0.3) is 10.9 Å². The number of fused-ring (bicyclic) bond motifs is 1. The molecule has 10 nitrogen and oxygen atoms in total. The van der Waals surface area contributed by atoms with Crippen LogP contribution >= 0.6 is 0 Å². The SMILES string of the molecule is NCCN(CCN)C(=O)C[C@H](N)C(=O)N[C@@H](Cc1ccc(OCc2ccccc2)cc1)C(=O)Cc1cnc2ccccc2c1. The molecular weight excluding hydrogens is 556 g/mol. The summed E-state index contributed by atoms with van der Waals surface area (Å²) in [6.07, 6.45) is 1.74. The molecule has 0 aliphatic carbocycles. The number of ketones is 1. The Morgan fingerprint density at radius 3 is 2.23 bits per heavy atom. The number of ether oxygens (including phenoxy) is 1. The Labute approximate surface area is 257 Å². The number of Topliss-reactive ketones (excluding diaryl/α,β-unsaturated/α-hetero) is 1. The van der Waals surface area contributed by atoms with E-state index < -0.39 is 18.0 Å². The third-order valence-electron chi connectivity index (χ3n) is 7.22. The topological polar surface area (TPSA) is 167 Å². The number of carbonyl (C=O) groups excluding carboxylic acids is 3. The van der Waals surface area contributed by atoms with E-state index in [4.69, 9.17) is 21.9 Å². The fraction of sp³-hybridized carbons (Fsp3) is 0.294. The number of nitrogens with two attached hydrogens (primary N) is 3. The Morgan fingerprint density at radius 1 is 0.841 bits per heavy atom. The number of nitrogens with one attached hydrogen (secondary N) is 1.